The van der Waals surface area contributed by atoms with Crippen molar-refractivity contribution in [3.05, 3.63) is 57.6 Å². The lowest BCUT2D eigenvalue weighted by Crippen LogP contribution is -2.23. The van der Waals surface area contributed by atoms with Crippen LogP contribution in [0.5, 0.6) is 0 Å². The van der Waals surface area contributed by atoms with Gasteiger partial charge >= 0.3 is 0 Å². The molecule has 1 aliphatic heterocycles. The van der Waals surface area contributed by atoms with Crippen LogP contribution in [-0.2, 0) is 24.2 Å². The lowest BCUT2D eigenvalue weighted by atomic mass is 9.77. The van der Waals surface area contributed by atoms with Gasteiger partial charge in [0.1, 0.15) is 11.0 Å². The monoisotopic (exact) mass is 272 g/mol. The van der Waals surface area contributed by atoms with Crippen molar-refractivity contribution in [3.8, 4) is 0 Å². The van der Waals surface area contributed by atoms with Crippen LogP contribution in [0.3, 0.4) is 0 Å². The van der Waals surface area contributed by atoms with Gasteiger partial charge in [-0.15, -0.1) is 0 Å². The number of fused-ring (bicyclic) bond motifs is 2. The Morgan fingerprint density at radius 1 is 1.21 bits per heavy atom. The van der Waals surface area contributed by atoms with Gasteiger partial charge < -0.3 is 4.74 Å². The largest absolute Gasteiger partial charge is 0.376 e. The molecule has 1 aromatic heterocycles. The quantitative estimate of drug-likeness (QED) is 0.749. The van der Waals surface area contributed by atoms with Crippen molar-refractivity contribution in [2.24, 2.45) is 0 Å². The Hall–Kier alpha value is -1.45. The first kappa shape index (κ1) is 11.4. The molecule has 0 spiro atoms. The molecule has 0 bridgehead atoms. The molecular weight excluding hydrogens is 260 g/mol. The topological polar surface area (TPSA) is 35.0 Å². The molecule has 2 aliphatic rings. The second kappa shape index (κ2) is 4.29. The summed E-state index contributed by atoms with van der Waals surface area (Å²) in [6.45, 7) is 1.26. The predicted molar refractivity (Wildman–Crippen MR) is 72.4 cm³/mol. The second-order valence-corrected chi connectivity index (χ2v) is 5.41. The SMILES string of the molecule is Clc1nc(C2Cc3ccccc32)nc2c1COCC2. The van der Waals surface area contributed by atoms with E-state index in [0.717, 1.165) is 36.5 Å². The number of nitrogens with zero attached hydrogens (tertiary/aromatic N) is 2. The van der Waals surface area contributed by atoms with Gasteiger partial charge in [0.05, 0.1) is 18.9 Å². The number of hydrogen-bond acceptors (Lipinski definition) is 3. The molecule has 0 saturated heterocycles. The van der Waals surface area contributed by atoms with E-state index in [1.165, 1.54) is 11.1 Å². The molecule has 3 nitrogen and oxygen atoms in total. The van der Waals surface area contributed by atoms with Crippen molar-refractivity contribution < 1.29 is 4.74 Å². The Morgan fingerprint density at radius 2 is 2.11 bits per heavy atom. The van der Waals surface area contributed by atoms with Crippen LogP contribution in [0.15, 0.2) is 24.3 Å². The normalized spacial score (nSPS) is 20.4. The molecule has 0 amide bonds. The van der Waals surface area contributed by atoms with Crippen molar-refractivity contribution in [1.82, 2.24) is 9.97 Å². The number of rotatable bonds is 1. The zero-order valence-electron chi connectivity index (χ0n) is 10.4. The molecule has 1 aromatic carbocycles. The van der Waals surface area contributed by atoms with E-state index in [4.69, 9.17) is 21.3 Å². The van der Waals surface area contributed by atoms with Gasteiger partial charge in [0.15, 0.2) is 0 Å². The number of halogens is 1. The Balaban J connectivity index is 1.76. The molecule has 4 rings (SSSR count). The van der Waals surface area contributed by atoms with E-state index in [9.17, 15) is 0 Å². The molecular formula is C15H13ClN2O. The third kappa shape index (κ3) is 1.77. The average Bonchev–Trinajstić information content (AvgIpc) is 2.40. The highest BCUT2D eigenvalue weighted by Crippen LogP contribution is 2.39. The molecule has 2 heterocycles. The van der Waals surface area contributed by atoms with E-state index in [1.807, 2.05) is 0 Å². The van der Waals surface area contributed by atoms with Crippen molar-refractivity contribution >= 4 is 11.6 Å². The van der Waals surface area contributed by atoms with E-state index in [2.05, 4.69) is 29.2 Å². The van der Waals surface area contributed by atoms with Gasteiger partial charge in [0.2, 0.25) is 0 Å². The van der Waals surface area contributed by atoms with Crippen LogP contribution in [0, 0.1) is 0 Å². The molecule has 1 aliphatic carbocycles. The number of hydrogen-bond donors (Lipinski definition) is 0. The third-order valence-electron chi connectivity index (χ3n) is 3.96. The molecule has 0 N–H and O–H groups in total. The van der Waals surface area contributed by atoms with Gasteiger partial charge in [0, 0.05) is 17.9 Å². The number of ether oxygens (including phenoxy) is 1. The summed E-state index contributed by atoms with van der Waals surface area (Å²) in [6, 6.07) is 8.47. The summed E-state index contributed by atoms with van der Waals surface area (Å²) in [5, 5.41) is 0.559. The average molecular weight is 273 g/mol. The van der Waals surface area contributed by atoms with E-state index in [1.54, 1.807) is 0 Å². The minimum absolute atomic E-state index is 0.307. The van der Waals surface area contributed by atoms with Gasteiger partial charge in [0.25, 0.3) is 0 Å². The standard InChI is InChI=1S/C15H13ClN2O/c16-14-12-8-19-6-5-13(12)17-15(18-14)11-7-9-3-1-2-4-10(9)11/h1-4,11H,5-8H2. The van der Waals surface area contributed by atoms with Crippen LogP contribution in [-0.4, -0.2) is 16.6 Å². The fourth-order valence-electron chi connectivity index (χ4n) is 2.86. The Bertz CT molecular complexity index is 657. The first-order valence-electron chi connectivity index (χ1n) is 6.53. The molecule has 1 unspecified atom stereocenters. The smallest absolute Gasteiger partial charge is 0.138 e. The molecule has 19 heavy (non-hydrogen) atoms. The summed E-state index contributed by atoms with van der Waals surface area (Å²) in [7, 11) is 0. The van der Waals surface area contributed by atoms with Crippen molar-refractivity contribution in [1.29, 1.82) is 0 Å². The van der Waals surface area contributed by atoms with Crippen LogP contribution >= 0.6 is 11.6 Å². The van der Waals surface area contributed by atoms with Gasteiger partial charge in [-0.2, -0.15) is 0 Å². The van der Waals surface area contributed by atoms with Crippen LogP contribution in [0.25, 0.3) is 0 Å². The Kier molecular flexibility index (Phi) is 2.57. The maximum atomic E-state index is 6.27. The number of benzene rings is 1. The summed E-state index contributed by atoms with van der Waals surface area (Å²) in [4.78, 5) is 9.20. The fraction of sp³-hybridized carbons (Fsp3) is 0.333. The van der Waals surface area contributed by atoms with Crippen LogP contribution in [0.4, 0.5) is 0 Å². The lowest BCUT2D eigenvalue weighted by molar-refractivity contribution is 0.108. The molecule has 0 radical (unpaired) electrons. The first-order chi connectivity index (χ1) is 9.33. The minimum atomic E-state index is 0.307. The maximum absolute atomic E-state index is 6.27. The second-order valence-electron chi connectivity index (χ2n) is 5.06. The molecule has 0 saturated carbocycles. The Morgan fingerprint density at radius 3 is 3.00 bits per heavy atom. The predicted octanol–water partition coefficient (Wildman–Crippen LogP) is 2.89. The van der Waals surface area contributed by atoms with Crippen molar-refractivity contribution in [2.75, 3.05) is 6.61 Å². The third-order valence-corrected chi connectivity index (χ3v) is 4.27. The van der Waals surface area contributed by atoms with E-state index in [-0.39, 0.29) is 0 Å². The Labute approximate surface area is 116 Å². The zero-order chi connectivity index (χ0) is 12.8. The van der Waals surface area contributed by atoms with Crippen molar-refractivity contribution in [3.63, 3.8) is 0 Å². The van der Waals surface area contributed by atoms with E-state index < -0.39 is 0 Å². The number of aromatic nitrogens is 2. The fourth-order valence-corrected chi connectivity index (χ4v) is 3.11. The first-order valence-corrected chi connectivity index (χ1v) is 6.91. The molecule has 1 atom stereocenters. The summed E-state index contributed by atoms with van der Waals surface area (Å²) < 4.78 is 5.41. The van der Waals surface area contributed by atoms with Gasteiger partial charge in [-0.3, -0.25) is 0 Å². The summed E-state index contributed by atoms with van der Waals surface area (Å²) in [5.74, 6) is 1.17. The highest BCUT2D eigenvalue weighted by atomic mass is 35.5. The van der Waals surface area contributed by atoms with Crippen LogP contribution < -0.4 is 0 Å². The van der Waals surface area contributed by atoms with E-state index >= 15 is 0 Å². The molecule has 2 aromatic rings. The van der Waals surface area contributed by atoms with Crippen molar-refractivity contribution in [2.45, 2.75) is 25.4 Å². The minimum Gasteiger partial charge on any atom is -0.376 e. The lowest BCUT2D eigenvalue weighted by Gasteiger charge is -2.29. The zero-order valence-corrected chi connectivity index (χ0v) is 11.2. The molecule has 96 valence electrons. The molecule has 0 fully saturated rings. The molecule has 4 heteroatoms. The van der Waals surface area contributed by atoms with Gasteiger partial charge in [-0.05, 0) is 17.5 Å². The van der Waals surface area contributed by atoms with E-state index in [0.29, 0.717) is 17.7 Å². The van der Waals surface area contributed by atoms with Gasteiger partial charge in [-0.25, -0.2) is 9.97 Å². The summed E-state index contributed by atoms with van der Waals surface area (Å²) in [5.41, 5.74) is 4.76. The van der Waals surface area contributed by atoms with Crippen LogP contribution in [0.2, 0.25) is 5.15 Å². The highest BCUT2D eigenvalue weighted by molar-refractivity contribution is 6.30. The summed E-state index contributed by atoms with van der Waals surface area (Å²) >= 11 is 6.27. The highest BCUT2D eigenvalue weighted by Gasteiger charge is 2.30. The van der Waals surface area contributed by atoms with Crippen LogP contribution in [0.1, 0.15) is 34.1 Å². The summed E-state index contributed by atoms with van der Waals surface area (Å²) in [6.07, 6.45) is 1.85. The van der Waals surface area contributed by atoms with Gasteiger partial charge in [-0.1, -0.05) is 35.9 Å². The maximum Gasteiger partial charge on any atom is 0.138 e.